The van der Waals surface area contributed by atoms with Gasteiger partial charge in [-0.15, -0.1) is 5.06 Å². The first-order valence-electron chi connectivity index (χ1n) is 8.97. The van der Waals surface area contributed by atoms with Crippen LogP contribution in [0.15, 0.2) is 12.1 Å². The second kappa shape index (κ2) is 8.45. The molecule has 36 heavy (non-hydrogen) atoms. The van der Waals surface area contributed by atoms with E-state index in [1.54, 1.807) is 19.6 Å². The van der Waals surface area contributed by atoms with E-state index in [1.165, 1.54) is 0 Å². The second-order valence-corrected chi connectivity index (χ2v) is 13.4. The highest BCUT2D eigenvalue weighted by molar-refractivity contribution is 6.88. The molecule has 0 aromatic carbocycles. The molecule has 0 saturated heterocycles. The van der Waals surface area contributed by atoms with Crippen molar-refractivity contribution in [1.29, 1.82) is 0 Å². The van der Waals surface area contributed by atoms with Gasteiger partial charge in [-0.25, -0.2) is 0 Å². The SMILES string of the molecule is Cn1c(C(=O)N([O])C(F)(F)C(F)(F)C(F)(F)C(F)(F)C(F)(F)C(F)(F)C(F)(F)F)ccc1[Si](C)(C)C. The van der Waals surface area contributed by atoms with Crippen LogP contribution in [-0.4, -0.2) is 65.4 Å². The lowest BCUT2D eigenvalue weighted by Crippen LogP contribution is -2.74. The molecule has 0 fully saturated rings. The van der Waals surface area contributed by atoms with Gasteiger partial charge in [0, 0.05) is 12.4 Å². The smallest absolute Gasteiger partial charge is 0.348 e. The summed E-state index contributed by atoms with van der Waals surface area (Å²) in [6.07, 6.45) is -7.74. The number of nitrogens with zero attached hydrogens (tertiary/aromatic N) is 2. The van der Waals surface area contributed by atoms with Crippen LogP contribution in [0, 0.1) is 0 Å². The van der Waals surface area contributed by atoms with Crippen LogP contribution in [0.1, 0.15) is 10.5 Å². The molecule has 1 aromatic rings. The maximum atomic E-state index is 14.0. The normalized spacial score (nSPS) is 15.3. The molecule has 1 amide bonds. The first kappa shape index (κ1) is 31.9. The van der Waals surface area contributed by atoms with Crippen molar-refractivity contribution in [2.45, 2.75) is 61.5 Å². The molecule has 0 N–H and O–H groups in total. The molecule has 20 heteroatoms. The zero-order chi connectivity index (χ0) is 29.3. The van der Waals surface area contributed by atoms with E-state index in [9.17, 15) is 75.9 Å². The number of carbonyl (C=O) groups excluding carboxylic acids is 1. The third-order valence-corrected chi connectivity index (χ3v) is 6.90. The molecule has 0 aliphatic carbocycles. The highest BCUT2D eigenvalue weighted by Gasteiger charge is 2.94. The van der Waals surface area contributed by atoms with Gasteiger partial charge >= 0.3 is 47.7 Å². The fourth-order valence-electron chi connectivity index (χ4n) is 2.80. The van der Waals surface area contributed by atoms with Crippen molar-refractivity contribution < 1.29 is 75.9 Å². The first-order chi connectivity index (χ1) is 15.5. The first-order valence-corrected chi connectivity index (χ1v) is 12.5. The zero-order valence-corrected chi connectivity index (χ0v) is 19.0. The molecule has 0 aliphatic rings. The van der Waals surface area contributed by atoms with E-state index >= 15 is 0 Å². The predicted molar refractivity (Wildman–Crippen MR) is 91.0 cm³/mol. The van der Waals surface area contributed by atoms with Crippen LogP contribution in [0.5, 0.6) is 0 Å². The summed E-state index contributed by atoms with van der Waals surface area (Å²) in [4.78, 5) is 12.0. The maximum absolute atomic E-state index is 14.0. The van der Waals surface area contributed by atoms with Crippen LogP contribution < -0.4 is 5.32 Å². The molecule has 1 aromatic heterocycles. The molecule has 209 valence electrons. The molecular weight excluding hydrogens is 565 g/mol. The van der Waals surface area contributed by atoms with Crippen LogP contribution in [0.25, 0.3) is 0 Å². The van der Waals surface area contributed by atoms with Gasteiger partial charge in [-0.2, -0.15) is 65.9 Å². The van der Waals surface area contributed by atoms with E-state index in [2.05, 4.69) is 0 Å². The molecule has 0 atom stereocenters. The fraction of sp³-hybridized carbons (Fsp3) is 0.688. The number of halogens is 15. The average molecular weight is 579 g/mol. The summed E-state index contributed by atoms with van der Waals surface area (Å²) in [6, 6.07) is -5.77. The quantitative estimate of drug-likeness (QED) is 0.169. The number of alkyl halides is 15. The number of rotatable bonds is 8. The Balaban J connectivity index is 3.61. The van der Waals surface area contributed by atoms with E-state index in [0.29, 0.717) is 10.6 Å². The van der Waals surface area contributed by atoms with Crippen LogP contribution in [0.2, 0.25) is 19.6 Å². The number of amides is 1. The summed E-state index contributed by atoms with van der Waals surface area (Å²) < 4.78 is 199. The van der Waals surface area contributed by atoms with Crippen LogP contribution in [0.4, 0.5) is 65.9 Å². The lowest BCUT2D eigenvalue weighted by atomic mass is 9.93. The van der Waals surface area contributed by atoms with Gasteiger partial charge in [0.05, 0.1) is 8.07 Å². The third-order valence-electron chi connectivity index (χ3n) is 4.86. The van der Waals surface area contributed by atoms with E-state index in [4.69, 9.17) is 0 Å². The van der Waals surface area contributed by atoms with Gasteiger partial charge in [0.1, 0.15) is 5.69 Å². The van der Waals surface area contributed by atoms with Crippen molar-refractivity contribution in [3.8, 4) is 0 Å². The Kier molecular flexibility index (Phi) is 7.49. The number of hydrogen-bond acceptors (Lipinski definition) is 1. The van der Waals surface area contributed by atoms with Gasteiger partial charge in [-0.05, 0) is 12.1 Å². The molecule has 1 rings (SSSR count). The number of hydrogen-bond donors (Lipinski definition) is 0. The zero-order valence-electron chi connectivity index (χ0n) is 18.0. The van der Waals surface area contributed by atoms with Gasteiger partial charge in [0.25, 0.3) is 0 Å². The molecule has 4 nitrogen and oxygen atoms in total. The van der Waals surface area contributed by atoms with Crippen molar-refractivity contribution in [2.75, 3.05) is 0 Å². The largest absolute Gasteiger partial charge is 0.460 e. The Morgan fingerprint density at radius 2 is 1.06 bits per heavy atom. The van der Waals surface area contributed by atoms with E-state index in [0.717, 1.165) is 13.1 Å². The molecule has 0 spiro atoms. The minimum Gasteiger partial charge on any atom is -0.348 e. The van der Waals surface area contributed by atoms with Crippen molar-refractivity contribution in [2.24, 2.45) is 7.05 Å². The van der Waals surface area contributed by atoms with Gasteiger partial charge in [-0.3, -0.25) is 4.79 Å². The topological polar surface area (TPSA) is 45.1 Å². The summed E-state index contributed by atoms with van der Waals surface area (Å²) in [6.45, 7) is 4.77. The third kappa shape index (κ3) is 4.22. The van der Waals surface area contributed by atoms with E-state index in [1.807, 2.05) is 0 Å². The highest BCUT2D eigenvalue weighted by atomic mass is 28.3. The molecule has 0 aliphatic heterocycles. The minimum absolute atomic E-state index is 0.181. The van der Waals surface area contributed by atoms with E-state index in [-0.39, 0.29) is 5.32 Å². The summed E-state index contributed by atoms with van der Waals surface area (Å²) in [5, 5.41) is 9.03. The number of aromatic nitrogens is 1. The Labute approximate surface area is 192 Å². The van der Waals surface area contributed by atoms with Crippen LogP contribution >= 0.6 is 0 Å². The standard InChI is InChI=1S/C16H14F15N2O2Si/c1-32-7(5-6-8(32)36(2,3)4)9(34)33(35)16(30,31)14(25,26)12(21,22)10(17,18)11(19,20)13(23,24)15(27,28)29/h5-6H,1-4H3. The van der Waals surface area contributed by atoms with Gasteiger partial charge in [0.2, 0.25) is 0 Å². The maximum Gasteiger partial charge on any atom is 0.460 e. The van der Waals surface area contributed by atoms with E-state index < -0.39 is 66.6 Å². The average Bonchev–Trinajstić information content (AvgIpc) is 3.06. The van der Waals surface area contributed by atoms with Crippen molar-refractivity contribution in [3.63, 3.8) is 0 Å². The molecular formula is C16H14F15N2O2Si. The highest BCUT2D eigenvalue weighted by Crippen LogP contribution is 2.62. The number of carbonyl (C=O) groups is 1. The van der Waals surface area contributed by atoms with Crippen molar-refractivity contribution >= 4 is 19.3 Å². The molecule has 1 radical (unpaired) electrons. The molecule has 0 saturated carbocycles. The van der Waals surface area contributed by atoms with Crippen LogP contribution in [-0.2, 0) is 12.3 Å². The Hall–Kier alpha value is -2.12. The Bertz CT molecular complexity index is 995. The minimum atomic E-state index is -8.55. The van der Waals surface area contributed by atoms with Crippen LogP contribution in [0.3, 0.4) is 0 Å². The molecule has 0 unspecified atom stereocenters. The lowest BCUT2D eigenvalue weighted by molar-refractivity contribution is -0.471. The second-order valence-electron chi connectivity index (χ2n) is 8.42. The predicted octanol–water partition coefficient (Wildman–Crippen LogP) is 5.69. The Morgan fingerprint density at radius 1 is 0.694 bits per heavy atom. The Morgan fingerprint density at radius 3 is 1.39 bits per heavy atom. The monoisotopic (exact) mass is 579 g/mol. The fourth-order valence-corrected chi connectivity index (χ4v) is 4.51. The summed E-state index contributed by atoms with van der Waals surface area (Å²) >= 11 is 0. The van der Waals surface area contributed by atoms with Gasteiger partial charge < -0.3 is 4.57 Å². The summed E-state index contributed by atoms with van der Waals surface area (Å²) in [5.74, 6) is -44.5. The van der Waals surface area contributed by atoms with Crippen molar-refractivity contribution in [1.82, 2.24) is 9.63 Å². The van der Waals surface area contributed by atoms with Gasteiger partial charge in [-0.1, -0.05) is 24.8 Å². The lowest BCUT2D eigenvalue weighted by Gasteiger charge is -2.42. The van der Waals surface area contributed by atoms with Crippen molar-refractivity contribution in [3.05, 3.63) is 17.8 Å². The summed E-state index contributed by atoms with van der Waals surface area (Å²) in [5.41, 5.74) is -1.19. The summed E-state index contributed by atoms with van der Waals surface area (Å²) in [7, 11) is -1.52. The molecule has 0 bridgehead atoms. The number of hydroxylamine groups is 2. The molecule has 1 heterocycles. The van der Waals surface area contributed by atoms with Gasteiger partial charge in [0.15, 0.2) is 0 Å².